The van der Waals surface area contributed by atoms with E-state index in [0.717, 1.165) is 21.8 Å². The molecule has 3 aromatic rings. The fourth-order valence-electron chi connectivity index (χ4n) is 2.66. The van der Waals surface area contributed by atoms with E-state index in [-0.39, 0.29) is 17.4 Å². The second-order valence-corrected chi connectivity index (χ2v) is 8.85. The summed E-state index contributed by atoms with van der Waals surface area (Å²) < 4.78 is 69.8. The van der Waals surface area contributed by atoms with Gasteiger partial charge in [-0.2, -0.15) is 16.8 Å². The monoisotopic (exact) mass is 457 g/mol. The molecule has 0 fully saturated rings. The molecule has 0 spiro atoms. The second-order valence-electron chi connectivity index (χ2n) is 5.92. The first kappa shape index (κ1) is 21.2. The molecule has 2 N–H and O–H groups in total. The molecule has 1 aromatic heterocycles. The predicted octanol–water partition coefficient (Wildman–Crippen LogP) is 2.99. The number of nitrogens with zero attached hydrogens (tertiary/aromatic N) is 1. The molecular formula is C17H15NO8S3. The molecule has 0 saturated heterocycles. The SMILES string of the molecule is Cc1csc(C(c2ccc(OS(=O)(=O)O)cc2)c2ccc(OS(=O)(=O)O)cc2)n1. The van der Waals surface area contributed by atoms with Gasteiger partial charge in [0.2, 0.25) is 0 Å². The Morgan fingerprint density at radius 2 is 1.24 bits per heavy atom. The molecule has 0 aliphatic carbocycles. The number of thiazole rings is 1. The molecule has 0 aliphatic rings. The molecule has 3 rings (SSSR count). The zero-order valence-corrected chi connectivity index (χ0v) is 17.2. The fourth-order valence-corrected chi connectivity index (χ4v) is 4.31. The molecule has 0 unspecified atom stereocenters. The minimum Gasteiger partial charge on any atom is -0.362 e. The molecule has 0 saturated carbocycles. The van der Waals surface area contributed by atoms with Crippen molar-refractivity contribution in [2.45, 2.75) is 12.8 Å². The maximum atomic E-state index is 10.8. The van der Waals surface area contributed by atoms with Crippen molar-refractivity contribution >= 4 is 32.1 Å². The van der Waals surface area contributed by atoms with Gasteiger partial charge in [0.1, 0.15) is 16.5 Å². The zero-order chi connectivity index (χ0) is 21.2. The van der Waals surface area contributed by atoms with E-state index in [1.807, 2.05) is 12.3 Å². The lowest BCUT2D eigenvalue weighted by Gasteiger charge is -2.16. The number of benzene rings is 2. The van der Waals surface area contributed by atoms with Gasteiger partial charge in [0.25, 0.3) is 0 Å². The van der Waals surface area contributed by atoms with Gasteiger partial charge >= 0.3 is 20.8 Å². The zero-order valence-electron chi connectivity index (χ0n) is 14.8. The molecule has 0 aliphatic heterocycles. The minimum absolute atomic E-state index is 0.0535. The molecule has 0 atom stereocenters. The number of aromatic nitrogens is 1. The molecule has 154 valence electrons. The Bertz CT molecular complexity index is 1120. The van der Waals surface area contributed by atoms with E-state index < -0.39 is 20.8 Å². The average Bonchev–Trinajstić information content (AvgIpc) is 3.01. The third-order valence-corrected chi connectivity index (χ3v) is 5.55. The molecule has 0 radical (unpaired) electrons. The van der Waals surface area contributed by atoms with E-state index in [0.29, 0.717) is 0 Å². The first-order valence-corrected chi connectivity index (χ1v) is 11.6. The van der Waals surface area contributed by atoms with Crippen molar-refractivity contribution in [3.05, 3.63) is 75.7 Å². The van der Waals surface area contributed by atoms with E-state index in [4.69, 9.17) is 9.11 Å². The van der Waals surface area contributed by atoms with Crippen molar-refractivity contribution in [2.24, 2.45) is 0 Å². The maximum absolute atomic E-state index is 10.8. The lowest BCUT2D eigenvalue weighted by molar-refractivity contribution is 0.384. The standard InChI is InChI=1S/C17H15NO8S3/c1-11-10-27-17(18-11)16(12-2-6-14(7-3-12)25-28(19,20)21)13-4-8-15(9-5-13)26-29(22,23)24/h2-10,16H,1H3,(H,19,20,21)(H,22,23,24). The van der Waals surface area contributed by atoms with Crippen LogP contribution in [0.1, 0.15) is 27.7 Å². The molecule has 0 amide bonds. The summed E-state index contributed by atoms with van der Waals surface area (Å²) in [6.45, 7) is 1.85. The van der Waals surface area contributed by atoms with Crippen LogP contribution in [0, 0.1) is 6.92 Å². The Labute approximate surface area is 171 Å². The maximum Gasteiger partial charge on any atom is 0.446 e. The van der Waals surface area contributed by atoms with Gasteiger partial charge < -0.3 is 8.37 Å². The van der Waals surface area contributed by atoms with Gasteiger partial charge in [-0.1, -0.05) is 24.3 Å². The molecule has 12 heteroatoms. The van der Waals surface area contributed by atoms with E-state index >= 15 is 0 Å². The largest absolute Gasteiger partial charge is 0.446 e. The summed E-state index contributed by atoms with van der Waals surface area (Å²) in [5.74, 6) is -0.447. The van der Waals surface area contributed by atoms with Gasteiger partial charge in [-0.25, -0.2) is 4.98 Å². The summed E-state index contributed by atoms with van der Waals surface area (Å²) >= 11 is 1.43. The number of hydrogen-bond donors (Lipinski definition) is 2. The van der Waals surface area contributed by atoms with Crippen molar-refractivity contribution in [1.29, 1.82) is 0 Å². The number of hydrogen-bond acceptors (Lipinski definition) is 8. The Balaban J connectivity index is 1.98. The number of aryl methyl sites for hydroxylation is 1. The average molecular weight is 458 g/mol. The molecule has 9 nitrogen and oxygen atoms in total. The van der Waals surface area contributed by atoms with Gasteiger partial charge in [0, 0.05) is 11.1 Å². The Kier molecular flexibility index (Phi) is 5.91. The lowest BCUT2D eigenvalue weighted by Crippen LogP contribution is -2.08. The summed E-state index contributed by atoms with van der Waals surface area (Å²) in [5, 5.41) is 2.64. The minimum atomic E-state index is -4.62. The van der Waals surface area contributed by atoms with Crippen molar-refractivity contribution in [2.75, 3.05) is 0 Å². The third kappa shape index (κ3) is 5.98. The summed E-state index contributed by atoms with van der Waals surface area (Å²) in [6.07, 6.45) is 0. The molecule has 0 bridgehead atoms. The third-order valence-electron chi connectivity index (χ3n) is 3.71. The highest BCUT2D eigenvalue weighted by atomic mass is 32.3. The van der Waals surface area contributed by atoms with Crippen LogP contribution in [0.5, 0.6) is 11.5 Å². The van der Waals surface area contributed by atoms with Gasteiger partial charge in [0.15, 0.2) is 0 Å². The summed E-state index contributed by atoms with van der Waals surface area (Å²) in [4.78, 5) is 4.51. The van der Waals surface area contributed by atoms with E-state index in [1.165, 1.54) is 35.6 Å². The van der Waals surface area contributed by atoms with Crippen LogP contribution in [0.25, 0.3) is 0 Å². The van der Waals surface area contributed by atoms with Crippen LogP contribution in [0.4, 0.5) is 0 Å². The smallest absolute Gasteiger partial charge is 0.362 e. The molecule has 29 heavy (non-hydrogen) atoms. The first-order chi connectivity index (χ1) is 13.5. The molecule has 2 aromatic carbocycles. The van der Waals surface area contributed by atoms with E-state index in [1.54, 1.807) is 24.3 Å². The number of rotatable bonds is 7. The van der Waals surface area contributed by atoms with Crippen molar-refractivity contribution in [3.63, 3.8) is 0 Å². The predicted molar refractivity (Wildman–Crippen MR) is 105 cm³/mol. The van der Waals surface area contributed by atoms with Gasteiger partial charge in [-0.05, 0) is 42.3 Å². The molecule has 1 heterocycles. The first-order valence-electron chi connectivity index (χ1n) is 7.96. The van der Waals surface area contributed by atoms with Crippen LogP contribution in [0.3, 0.4) is 0 Å². The molecular weight excluding hydrogens is 442 g/mol. The lowest BCUT2D eigenvalue weighted by atomic mass is 9.91. The topological polar surface area (TPSA) is 140 Å². The quantitative estimate of drug-likeness (QED) is 0.512. The Morgan fingerprint density at radius 1 is 0.828 bits per heavy atom. The van der Waals surface area contributed by atoms with Crippen molar-refractivity contribution in [1.82, 2.24) is 4.98 Å². The highest BCUT2D eigenvalue weighted by Gasteiger charge is 2.21. The van der Waals surface area contributed by atoms with Crippen LogP contribution in [0.2, 0.25) is 0 Å². The summed E-state index contributed by atoms with van der Waals surface area (Å²) in [6, 6.07) is 12.1. The van der Waals surface area contributed by atoms with Gasteiger partial charge in [-0.15, -0.1) is 11.3 Å². The van der Waals surface area contributed by atoms with E-state index in [2.05, 4.69) is 13.4 Å². The van der Waals surface area contributed by atoms with Crippen LogP contribution in [-0.4, -0.2) is 30.9 Å². The second kappa shape index (κ2) is 8.08. The normalized spacial score (nSPS) is 12.1. The summed E-state index contributed by atoms with van der Waals surface area (Å²) in [5.41, 5.74) is 2.34. The van der Waals surface area contributed by atoms with Crippen molar-refractivity contribution < 1.29 is 34.3 Å². The van der Waals surface area contributed by atoms with Crippen LogP contribution in [-0.2, 0) is 20.8 Å². The Morgan fingerprint density at radius 3 is 1.55 bits per heavy atom. The summed E-state index contributed by atoms with van der Waals surface area (Å²) in [7, 11) is -9.25. The Hall–Kier alpha value is -2.51. The van der Waals surface area contributed by atoms with Gasteiger partial charge in [0.05, 0.1) is 5.92 Å². The highest BCUT2D eigenvalue weighted by molar-refractivity contribution is 7.81. The highest BCUT2D eigenvalue weighted by Crippen LogP contribution is 2.35. The fraction of sp³-hybridized carbons (Fsp3) is 0.118. The van der Waals surface area contributed by atoms with E-state index in [9.17, 15) is 16.8 Å². The van der Waals surface area contributed by atoms with Crippen LogP contribution < -0.4 is 8.37 Å². The van der Waals surface area contributed by atoms with Gasteiger partial charge in [-0.3, -0.25) is 9.11 Å². The van der Waals surface area contributed by atoms with Crippen LogP contribution >= 0.6 is 11.3 Å². The van der Waals surface area contributed by atoms with Crippen LogP contribution in [0.15, 0.2) is 53.9 Å². The van der Waals surface area contributed by atoms with Crippen molar-refractivity contribution in [3.8, 4) is 11.5 Å².